The van der Waals surface area contributed by atoms with Gasteiger partial charge in [0, 0.05) is 30.0 Å². The quantitative estimate of drug-likeness (QED) is 0.557. The molecule has 0 unspecified atom stereocenters. The van der Waals surface area contributed by atoms with Crippen molar-refractivity contribution in [3.63, 3.8) is 0 Å². The maximum Gasteiger partial charge on any atom is 0.254 e. The fourth-order valence-electron chi connectivity index (χ4n) is 4.45. The first-order valence-electron chi connectivity index (χ1n) is 10.2. The molecule has 4 nitrogen and oxygen atoms in total. The lowest BCUT2D eigenvalue weighted by molar-refractivity contribution is -0.117. The minimum atomic E-state index is -0.110. The van der Waals surface area contributed by atoms with E-state index in [9.17, 15) is 9.59 Å². The van der Waals surface area contributed by atoms with Gasteiger partial charge < -0.3 is 9.80 Å². The Labute approximate surface area is 184 Å². The number of nitrogens with zero attached hydrogens (tertiary/aromatic N) is 2. The number of benzene rings is 2. The van der Waals surface area contributed by atoms with Gasteiger partial charge in [-0.25, -0.2) is 0 Å². The molecule has 1 atom stereocenters. The maximum absolute atomic E-state index is 13.7. The lowest BCUT2D eigenvalue weighted by Crippen LogP contribution is -2.40. The van der Waals surface area contributed by atoms with E-state index in [1.165, 1.54) is 10.4 Å². The predicted octanol–water partition coefficient (Wildman–Crippen LogP) is 5.32. The molecule has 0 radical (unpaired) electrons. The largest absolute Gasteiger partial charge is 0.327 e. The topological polar surface area (TPSA) is 40.6 Å². The third-order valence-corrected chi connectivity index (χ3v) is 7.22. The summed E-state index contributed by atoms with van der Waals surface area (Å²) in [4.78, 5) is 30.9. The highest BCUT2D eigenvalue weighted by Gasteiger charge is 2.34. The summed E-state index contributed by atoms with van der Waals surface area (Å²) in [6, 6.07) is 17.5. The average molecular weight is 437 g/mol. The number of hydrogen-bond donors (Lipinski definition) is 0. The van der Waals surface area contributed by atoms with Crippen LogP contribution >= 0.6 is 22.9 Å². The first-order valence-corrected chi connectivity index (χ1v) is 11.4. The number of fused-ring (bicyclic) bond motifs is 1. The van der Waals surface area contributed by atoms with Gasteiger partial charge in [-0.05, 0) is 53.6 Å². The molecular formula is C24H21ClN2O2S. The van der Waals surface area contributed by atoms with Crippen LogP contribution in [-0.2, 0) is 11.2 Å². The van der Waals surface area contributed by atoms with Crippen molar-refractivity contribution in [3.8, 4) is 0 Å². The normalized spacial score (nSPS) is 18.6. The Morgan fingerprint density at radius 1 is 1.03 bits per heavy atom. The van der Waals surface area contributed by atoms with Crippen LogP contribution in [0.4, 0.5) is 5.69 Å². The summed E-state index contributed by atoms with van der Waals surface area (Å²) in [6.07, 6.45) is 2.20. The van der Waals surface area contributed by atoms with E-state index < -0.39 is 0 Å². The minimum absolute atomic E-state index is 0.0368. The number of thiophene rings is 1. The summed E-state index contributed by atoms with van der Waals surface area (Å²) in [5.74, 6) is 0.0230. The zero-order valence-electron chi connectivity index (χ0n) is 16.4. The molecule has 0 spiro atoms. The molecule has 0 saturated carbocycles. The molecule has 0 bridgehead atoms. The highest BCUT2D eigenvalue weighted by molar-refractivity contribution is 7.10. The van der Waals surface area contributed by atoms with E-state index in [2.05, 4.69) is 23.6 Å². The molecular weight excluding hydrogens is 416 g/mol. The highest BCUT2D eigenvalue weighted by atomic mass is 35.5. The summed E-state index contributed by atoms with van der Waals surface area (Å²) < 4.78 is 0. The summed E-state index contributed by atoms with van der Waals surface area (Å²) >= 11 is 8.15. The third-order valence-electron chi connectivity index (χ3n) is 5.90. The maximum atomic E-state index is 13.7. The Kier molecular flexibility index (Phi) is 5.09. The van der Waals surface area contributed by atoms with Gasteiger partial charge in [0.15, 0.2) is 0 Å². The van der Waals surface area contributed by atoms with E-state index in [0.717, 1.165) is 18.4 Å². The van der Waals surface area contributed by atoms with Crippen LogP contribution in [0.5, 0.6) is 0 Å². The second-order valence-corrected chi connectivity index (χ2v) is 9.08. The Morgan fingerprint density at radius 2 is 1.87 bits per heavy atom. The van der Waals surface area contributed by atoms with Gasteiger partial charge in [0.2, 0.25) is 5.91 Å². The average Bonchev–Trinajstić information content (AvgIpc) is 3.42. The molecule has 0 aliphatic carbocycles. The van der Waals surface area contributed by atoms with Gasteiger partial charge in [-0.2, -0.15) is 0 Å². The van der Waals surface area contributed by atoms with Crippen LogP contribution < -0.4 is 4.90 Å². The van der Waals surface area contributed by atoms with Gasteiger partial charge in [0.05, 0.1) is 16.8 Å². The fourth-order valence-corrected chi connectivity index (χ4v) is 5.57. The van der Waals surface area contributed by atoms with Gasteiger partial charge in [-0.1, -0.05) is 41.9 Å². The van der Waals surface area contributed by atoms with Crippen LogP contribution in [0.15, 0.2) is 60.0 Å². The lowest BCUT2D eigenvalue weighted by atomic mass is 9.92. The molecule has 3 aromatic rings. The number of rotatable bonds is 3. The van der Waals surface area contributed by atoms with Crippen LogP contribution in [0.25, 0.3) is 0 Å². The molecule has 0 N–H and O–H groups in total. The van der Waals surface area contributed by atoms with Gasteiger partial charge >= 0.3 is 0 Å². The third kappa shape index (κ3) is 3.32. The number of amides is 2. The molecule has 1 aromatic heterocycles. The number of anilines is 1. The summed E-state index contributed by atoms with van der Waals surface area (Å²) in [5, 5.41) is 2.61. The first kappa shape index (κ1) is 19.3. The standard InChI is InChI=1S/C24H21ClN2O2S/c25-19-9-8-17(15-20(19)26-12-4-7-22(26)28)24(29)27-13-10-21-18(11-14-30-21)23(27)16-5-2-1-3-6-16/h1-3,5-6,8-9,11,14-15,23H,4,7,10,12-13H2/t23-/m0/s1. The number of hydrogen-bond acceptors (Lipinski definition) is 3. The Bertz CT molecular complexity index is 1110. The van der Waals surface area contributed by atoms with Crippen molar-refractivity contribution in [3.05, 3.63) is 86.6 Å². The van der Waals surface area contributed by atoms with Crippen LogP contribution in [0, 0.1) is 0 Å². The molecule has 2 aromatic carbocycles. The zero-order valence-corrected chi connectivity index (χ0v) is 18.0. The Balaban J connectivity index is 1.53. The highest BCUT2D eigenvalue weighted by Crippen LogP contribution is 2.39. The molecule has 5 rings (SSSR count). The van der Waals surface area contributed by atoms with E-state index in [0.29, 0.717) is 35.8 Å². The molecule has 6 heteroatoms. The molecule has 2 aliphatic heterocycles. The lowest BCUT2D eigenvalue weighted by Gasteiger charge is -2.36. The summed E-state index contributed by atoms with van der Waals surface area (Å²) in [6.45, 7) is 1.30. The predicted molar refractivity (Wildman–Crippen MR) is 120 cm³/mol. The second-order valence-electron chi connectivity index (χ2n) is 7.68. The van der Waals surface area contributed by atoms with Crippen molar-refractivity contribution in [2.24, 2.45) is 0 Å². The Morgan fingerprint density at radius 3 is 2.63 bits per heavy atom. The van der Waals surface area contributed by atoms with Crippen LogP contribution in [-0.4, -0.2) is 29.8 Å². The summed E-state index contributed by atoms with van der Waals surface area (Å²) in [7, 11) is 0. The molecule has 1 saturated heterocycles. The Hall–Kier alpha value is -2.63. The fraction of sp³-hybridized carbons (Fsp3) is 0.250. The zero-order chi connectivity index (χ0) is 20.7. The first-order chi connectivity index (χ1) is 14.6. The number of carbonyl (C=O) groups is 2. The molecule has 30 heavy (non-hydrogen) atoms. The molecule has 3 heterocycles. The van der Waals surface area contributed by atoms with Gasteiger partial charge in [0.25, 0.3) is 5.91 Å². The molecule has 1 fully saturated rings. The van der Waals surface area contributed by atoms with Crippen molar-refractivity contribution in [1.29, 1.82) is 0 Å². The minimum Gasteiger partial charge on any atom is -0.327 e. The van der Waals surface area contributed by atoms with Crippen molar-refractivity contribution >= 4 is 40.4 Å². The van der Waals surface area contributed by atoms with Gasteiger partial charge in [0.1, 0.15) is 0 Å². The van der Waals surface area contributed by atoms with Crippen molar-refractivity contribution in [2.75, 3.05) is 18.0 Å². The molecule has 2 amide bonds. The van der Waals surface area contributed by atoms with Crippen LogP contribution in [0.3, 0.4) is 0 Å². The molecule has 152 valence electrons. The van der Waals surface area contributed by atoms with Crippen LogP contribution in [0.1, 0.15) is 45.2 Å². The molecule has 2 aliphatic rings. The SMILES string of the molecule is O=C1CCCN1c1cc(C(=O)N2CCc3sccc3[C@@H]2c2ccccc2)ccc1Cl. The van der Waals surface area contributed by atoms with Gasteiger partial charge in [-0.3, -0.25) is 9.59 Å². The summed E-state index contributed by atoms with van der Waals surface area (Å²) in [5.41, 5.74) is 3.51. The van der Waals surface area contributed by atoms with E-state index in [1.807, 2.05) is 23.1 Å². The van der Waals surface area contributed by atoms with Crippen molar-refractivity contribution < 1.29 is 9.59 Å². The number of halogens is 1. The monoisotopic (exact) mass is 436 g/mol. The second kappa shape index (κ2) is 7.89. The van der Waals surface area contributed by atoms with Crippen LogP contribution in [0.2, 0.25) is 5.02 Å². The van der Waals surface area contributed by atoms with E-state index in [-0.39, 0.29) is 17.9 Å². The van der Waals surface area contributed by atoms with E-state index in [4.69, 9.17) is 11.6 Å². The van der Waals surface area contributed by atoms with Crippen molar-refractivity contribution in [2.45, 2.75) is 25.3 Å². The van der Waals surface area contributed by atoms with E-state index in [1.54, 1.807) is 34.4 Å². The smallest absolute Gasteiger partial charge is 0.254 e. The van der Waals surface area contributed by atoms with Gasteiger partial charge in [-0.15, -0.1) is 11.3 Å². The number of carbonyl (C=O) groups excluding carboxylic acids is 2. The van der Waals surface area contributed by atoms with E-state index >= 15 is 0 Å². The van der Waals surface area contributed by atoms with Crippen molar-refractivity contribution in [1.82, 2.24) is 4.90 Å².